The van der Waals surface area contributed by atoms with Crippen LogP contribution in [0.5, 0.6) is 11.5 Å². The molecule has 4 bridgehead atoms. The average Bonchev–Trinajstić information content (AvgIpc) is 3.31. The van der Waals surface area contributed by atoms with Crippen molar-refractivity contribution in [1.82, 2.24) is 15.8 Å². The Bertz CT molecular complexity index is 1400. The number of hydrazine groups is 1. The van der Waals surface area contributed by atoms with Crippen LogP contribution >= 0.6 is 11.6 Å². The topological polar surface area (TPSA) is 89.1 Å². The maximum absolute atomic E-state index is 13.8. The van der Waals surface area contributed by atoms with Crippen LogP contribution < -0.4 is 20.3 Å². The zero-order chi connectivity index (χ0) is 26.4. The third-order valence-electron chi connectivity index (χ3n) is 10.00. The van der Waals surface area contributed by atoms with Gasteiger partial charge in [-0.1, -0.05) is 29.8 Å². The normalized spacial score (nSPS) is 35.3. The van der Waals surface area contributed by atoms with Crippen LogP contribution in [-0.4, -0.2) is 62.3 Å². The number of fused-ring (bicyclic) bond motifs is 1. The van der Waals surface area contributed by atoms with Gasteiger partial charge in [0.1, 0.15) is 11.7 Å². The van der Waals surface area contributed by atoms with E-state index in [9.17, 15) is 9.59 Å². The number of piperidine rings is 1. The second-order valence-corrected chi connectivity index (χ2v) is 11.6. The minimum atomic E-state index is -1.00. The lowest BCUT2D eigenvalue weighted by Gasteiger charge is -2.70. The van der Waals surface area contributed by atoms with Crippen molar-refractivity contribution in [3.8, 4) is 11.5 Å². The molecule has 2 aromatic rings. The van der Waals surface area contributed by atoms with Crippen molar-refractivity contribution >= 4 is 23.4 Å². The number of hydrogen-bond donors (Lipinski definition) is 2. The summed E-state index contributed by atoms with van der Waals surface area (Å²) in [5.41, 5.74) is 6.53. The number of carbonyl (C=O) groups excluding carboxylic acids is 2. The fraction of sp³-hybridized carbons (Fsp3) is 0.448. The van der Waals surface area contributed by atoms with Crippen LogP contribution in [0.25, 0.3) is 0 Å². The third kappa shape index (κ3) is 2.73. The molecule has 2 amide bonds. The average molecular weight is 536 g/mol. The number of benzene rings is 2. The first-order valence-corrected chi connectivity index (χ1v) is 13.4. The number of amides is 2. The van der Waals surface area contributed by atoms with Crippen molar-refractivity contribution in [1.29, 1.82) is 0 Å². The molecule has 9 heteroatoms. The van der Waals surface area contributed by atoms with Gasteiger partial charge in [0.05, 0.1) is 18.4 Å². The van der Waals surface area contributed by atoms with Gasteiger partial charge in [0.15, 0.2) is 11.5 Å². The van der Waals surface area contributed by atoms with Gasteiger partial charge in [-0.3, -0.25) is 20.4 Å². The lowest BCUT2D eigenvalue weighted by atomic mass is 9.37. The standard InChI is InChI=1S/C29H30ClN3O5/c1-33-13-12-28-22-17-6-9-20(36-2)23(22)38-26(28)29(37-3)11-10-27(28,21(33)14-17)15-19(29)25(35)32-31-24(34)16-4-7-18(30)8-5-16/h4-11,19,21,26H,12-15H2,1-3H3,(H,31,34)(H,32,35)/t19-,21+,26-,27+,28-,29+/m0/s1. The molecule has 1 saturated carbocycles. The van der Waals surface area contributed by atoms with Crippen molar-refractivity contribution < 1.29 is 23.8 Å². The minimum absolute atomic E-state index is 0.208. The summed E-state index contributed by atoms with van der Waals surface area (Å²) in [4.78, 5) is 29.0. The van der Waals surface area contributed by atoms with Gasteiger partial charge in [-0.15, -0.1) is 0 Å². The maximum atomic E-state index is 13.8. The van der Waals surface area contributed by atoms with E-state index in [2.05, 4.69) is 41.0 Å². The van der Waals surface area contributed by atoms with E-state index in [1.807, 2.05) is 6.07 Å². The second kappa shape index (κ2) is 7.97. The molecule has 38 heavy (non-hydrogen) atoms. The second-order valence-electron chi connectivity index (χ2n) is 11.2. The van der Waals surface area contributed by atoms with Crippen LogP contribution in [0.2, 0.25) is 5.02 Å². The molecule has 2 N–H and O–H groups in total. The lowest BCUT2D eigenvalue weighted by molar-refractivity contribution is -0.214. The molecule has 6 atom stereocenters. The van der Waals surface area contributed by atoms with E-state index in [4.69, 9.17) is 25.8 Å². The van der Waals surface area contributed by atoms with Crippen molar-refractivity contribution in [2.24, 2.45) is 11.3 Å². The number of methoxy groups -OCH3 is 2. The molecule has 1 saturated heterocycles. The molecule has 6 aliphatic rings. The molecule has 0 aromatic heterocycles. The van der Waals surface area contributed by atoms with Gasteiger partial charge in [0.25, 0.3) is 5.91 Å². The minimum Gasteiger partial charge on any atom is -0.493 e. The SMILES string of the molecule is COc1ccc2c3c1O[C@@H]1[C@@]4(OC)C=C[C@@]5(C[C@H]4C(=O)NNC(=O)c4ccc(Cl)cc4)[C@@H](C2)N(C)CC[C@]315. The van der Waals surface area contributed by atoms with Crippen LogP contribution in [-0.2, 0) is 21.4 Å². The number of nitrogens with one attached hydrogen (secondary N) is 2. The summed E-state index contributed by atoms with van der Waals surface area (Å²) >= 11 is 5.95. The van der Waals surface area contributed by atoms with Gasteiger partial charge < -0.3 is 19.1 Å². The van der Waals surface area contributed by atoms with Gasteiger partial charge in [-0.2, -0.15) is 0 Å². The first-order chi connectivity index (χ1) is 18.3. The molecule has 0 unspecified atom stereocenters. The van der Waals surface area contributed by atoms with Gasteiger partial charge in [0.2, 0.25) is 5.91 Å². The number of carbonyl (C=O) groups is 2. The Kier molecular flexibility index (Phi) is 5.04. The molecule has 8 nitrogen and oxygen atoms in total. The summed E-state index contributed by atoms with van der Waals surface area (Å²) in [7, 11) is 5.48. The van der Waals surface area contributed by atoms with Crippen molar-refractivity contribution in [2.45, 2.75) is 42.4 Å². The van der Waals surface area contributed by atoms with E-state index in [-0.39, 0.29) is 22.8 Å². The number of likely N-dealkylation sites (N-methyl/N-ethyl adjacent to an activating group) is 1. The van der Waals surface area contributed by atoms with E-state index in [0.29, 0.717) is 22.8 Å². The van der Waals surface area contributed by atoms with Crippen LogP contribution in [0.3, 0.4) is 0 Å². The Morgan fingerprint density at radius 2 is 1.89 bits per heavy atom. The first kappa shape index (κ1) is 24.0. The highest BCUT2D eigenvalue weighted by Crippen LogP contribution is 2.74. The molecule has 2 heterocycles. The monoisotopic (exact) mass is 535 g/mol. The third-order valence-corrected chi connectivity index (χ3v) is 10.3. The fourth-order valence-electron chi connectivity index (χ4n) is 8.38. The molecule has 0 radical (unpaired) electrons. The van der Waals surface area contributed by atoms with Crippen LogP contribution in [0.1, 0.15) is 34.3 Å². The summed E-state index contributed by atoms with van der Waals surface area (Å²) in [6, 6.07) is 10.9. The molecular formula is C29H30ClN3O5. The molecule has 198 valence electrons. The number of halogens is 1. The lowest BCUT2D eigenvalue weighted by Crippen LogP contribution is -2.80. The number of ether oxygens (including phenoxy) is 3. The highest BCUT2D eigenvalue weighted by atomic mass is 35.5. The Hall–Kier alpha value is -3.07. The molecule has 2 aliphatic heterocycles. The van der Waals surface area contributed by atoms with E-state index >= 15 is 0 Å². The zero-order valence-corrected chi connectivity index (χ0v) is 22.3. The quantitative estimate of drug-likeness (QED) is 0.462. The fourth-order valence-corrected chi connectivity index (χ4v) is 8.51. The van der Waals surface area contributed by atoms with Crippen molar-refractivity contribution in [3.63, 3.8) is 0 Å². The summed E-state index contributed by atoms with van der Waals surface area (Å²) in [6.07, 6.45) is 6.32. The summed E-state index contributed by atoms with van der Waals surface area (Å²) in [6.45, 7) is 0.935. The number of nitrogens with zero attached hydrogens (tertiary/aromatic N) is 1. The van der Waals surface area contributed by atoms with Crippen LogP contribution in [0.4, 0.5) is 0 Å². The number of hydrogen-bond acceptors (Lipinski definition) is 6. The van der Waals surface area contributed by atoms with Crippen molar-refractivity contribution in [2.75, 3.05) is 27.8 Å². The first-order valence-electron chi connectivity index (χ1n) is 13.0. The molecule has 2 aromatic carbocycles. The number of rotatable bonds is 4. The zero-order valence-electron chi connectivity index (χ0n) is 21.5. The van der Waals surface area contributed by atoms with Gasteiger partial charge in [0, 0.05) is 34.7 Å². The van der Waals surface area contributed by atoms with E-state index in [0.717, 1.165) is 25.1 Å². The smallest absolute Gasteiger partial charge is 0.269 e. The Labute approximate surface area is 226 Å². The summed E-state index contributed by atoms with van der Waals surface area (Å²) < 4.78 is 18.9. The molecule has 2 fully saturated rings. The highest BCUT2D eigenvalue weighted by molar-refractivity contribution is 6.30. The Morgan fingerprint density at radius 3 is 2.63 bits per heavy atom. The summed E-state index contributed by atoms with van der Waals surface area (Å²) in [5, 5.41) is 0.533. The predicted octanol–water partition coefficient (Wildman–Crippen LogP) is 3.03. The molecule has 8 rings (SSSR count). The van der Waals surface area contributed by atoms with Gasteiger partial charge in [-0.25, -0.2) is 0 Å². The van der Waals surface area contributed by atoms with E-state index in [1.165, 1.54) is 11.1 Å². The van der Waals surface area contributed by atoms with Crippen molar-refractivity contribution in [3.05, 3.63) is 70.3 Å². The Morgan fingerprint density at radius 1 is 1.11 bits per heavy atom. The Balaban J connectivity index is 1.29. The molecule has 2 spiro atoms. The van der Waals surface area contributed by atoms with Gasteiger partial charge in [-0.05, 0) is 68.8 Å². The van der Waals surface area contributed by atoms with Crippen LogP contribution in [0.15, 0.2) is 48.6 Å². The molecular weight excluding hydrogens is 506 g/mol. The molecule has 4 aliphatic carbocycles. The largest absolute Gasteiger partial charge is 0.493 e. The van der Waals surface area contributed by atoms with E-state index in [1.54, 1.807) is 38.5 Å². The summed E-state index contributed by atoms with van der Waals surface area (Å²) in [5.74, 6) is 0.204. The van der Waals surface area contributed by atoms with Gasteiger partial charge >= 0.3 is 0 Å². The predicted molar refractivity (Wildman–Crippen MR) is 140 cm³/mol. The van der Waals surface area contributed by atoms with E-state index < -0.39 is 23.5 Å². The maximum Gasteiger partial charge on any atom is 0.269 e. The highest BCUT2D eigenvalue weighted by Gasteiger charge is 2.79. The van der Waals surface area contributed by atoms with Crippen LogP contribution in [0, 0.1) is 11.3 Å². The number of likely N-dealkylation sites (tertiary alicyclic amines) is 1.